The van der Waals surface area contributed by atoms with Crippen molar-refractivity contribution in [3.63, 3.8) is 0 Å². The Morgan fingerprint density at radius 1 is 0.271 bits per heavy atom. The summed E-state index contributed by atoms with van der Waals surface area (Å²) in [5, 5.41) is 6.78. The summed E-state index contributed by atoms with van der Waals surface area (Å²) in [6, 6.07) is 114. The van der Waals surface area contributed by atoms with Crippen LogP contribution in [-0.2, 0) is 10.8 Å². The topological polar surface area (TPSA) is 25.6 Å². The van der Waals surface area contributed by atoms with E-state index in [1.807, 2.05) is 6.07 Å². The van der Waals surface area contributed by atoms with Gasteiger partial charge in [0, 0.05) is 49.7 Å². The van der Waals surface area contributed by atoms with Crippen LogP contribution in [0.15, 0.2) is 314 Å². The number of benzene rings is 14. The Kier molecular flexibility index (Phi) is 10.2. The number of hydrogen-bond donors (Lipinski definition) is 0. The lowest BCUT2D eigenvalue weighted by atomic mass is 9.65. The molecule has 1 aliphatic heterocycles. The first-order chi connectivity index (χ1) is 42.2. The number of ether oxygens (including phenoxy) is 1. The van der Waals surface area contributed by atoms with E-state index in [2.05, 4.69) is 308 Å². The molecule has 0 fully saturated rings. The third-order valence-electron chi connectivity index (χ3n) is 18.8. The first-order valence-electron chi connectivity index (χ1n) is 29.4. The fourth-order valence-corrected chi connectivity index (χ4v) is 15.3. The van der Waals surface area contributed by atoms with Gasteiger partial charge in [-0.2, -0.15) is 0 Å². The number of para-hydroxylation sites is 1. The van der Waals surface area contributed by atoms with Crippen molar-refractivity contribution in [2.24, 2.45) is 0 Å². The molecule has 0 N–H and O–H groups in total. The van der Waals surface area contributed by atoms with Gasteiger partial charge in [0.1, 0.15) is 22.7 Å². The molecule has 0 atom stereocenters. The van der Waals surface area contributed by atoms with E-state index in [0.29, 0.717) is 0 Å². The molecule has 0 bridgehead atoms. The Labute approximate surface area is 492 Å². The van der Waals surface area contributed by atoms with Crippen molar-refractivity contribution in [3.8, 4) is 56.0 Å². The summed E-state index contributed by atoms with van der Waals surface area (Å²) in [6.45, 7) is 0. The molecule has 15 aromatic rings. The highest BCUT2D eigenvalue weighted by Crippen LogP contribution is 2.65. The van der Waals surface area contributed by atoms with E-state index in [1.54, 1.807) is 0 Å². The largest absolute Gasteiger partial charge is 0.456 e. The number of rotatable bonds is 7. The third kappa shape index (κ3) is 6.66. The molecule has 3 nitrogen and oxygen atoms in total. The number of hydrogen-bond acceptors (Lipinski definition) is 3. The van der Waals surface area contributed by atoms with Crippen LogP contribution in [0.2, 0.25) is 0 Å². The Bertz CT molecular complexity index is 5090. The summed E-state index contributed by atoms with van der Waals surface area (Å²) in [5.74, 6) is 1.83. The Balaban J connectivity index is 0.821. The highest BCUT2D eigenvalue weighted by Gasteiger charge is 2.52. The zero-order valence-electron chi connectivity index (χ0n) is 46.2. The van der Waals surface area contributed by atoms with Crippen molar-refractivity contribution in [1.29, 1.82) is 0 Å². The van der Waals surface area contributed by atoms with Crippen LogP contribution in [0, 0.1) is 0 Å². The molecule has 3 heteroatoms. The van der Waals surface area contributed by atoms with Gasteiger partial charge < -0.3 is 14.1 Å². The summed E-state index contributed by atoms with van der Waals surface area (Å²) in [6.07, 6.45) is 0. The van der Waals surface area contributed by atoms with Crippen molar-refractivity contribution in [1.82, 2.24) is 0 Å². The number of anilines is 3. The molecular weight excluding hydrogens is 1030 g/mol. The lowest BCUT2D eigenvalue weighted by molar-refractivity contribution is 0.447. The van der Waals surface area contributed by atoms with Gasteiger partial charge in [-0.25, -0.2) is 0 Å². The first-order valence-corrected chi connectivity index (χ1v) is 29.4. The first kappa shape index (κ1) is 47.6. The molecular formula is C82H51NO2. The van der Waals surface area contributed by atoms with Gasteiger partial charge in [0.15, 0.2) is 0 Å². The van der Waals surface area contributed by atoms with E-state index in [1.165, 1.54) is 61.2 Å². The lowest BCUT2D eigenvalue weighted by Gasteiger charge is -2.40. The van der Waals surface area contributed by atoms with Crippen LogP contribution >= 0.6 is 0 Å². The summed E-state index contributed by atoms with van der Waals surface area (Å²) in [7, 11) is 0. The highest BCUT2D eigenvalue weighted by molar-refractivity contribution is 6.12. The van der Waals surface area contributed by atoms with Crippen molar-refractivity contribution >= 4 is 60.5 Å². The Hall–Kier alpha value is -11.0. The van der Waals surface area contributed by atoms with Crippen molar-refractivity contribution in [3.05, 3.63) is 354 Å². The van der Waals surface area contributed by atoms with Gasteiger partial charge in [-0.05, 0) is 137 Å². The Morgan fingerprint density at radius 2 is 0.729 bits per heavy atom. The summed E-state index contributed by atoms with van der Waals surface area (Å²) in [4.78, 5) is 2.43. The molecule has 0 radical (unpaired) electrons. The molecule has 85 heavy (non-hydrogen) atoms. The van der Waals surface area contributed by atoms with E-state index in [4.69, 9.17) is 9.15 Å². The molecule has 1 aromatic heterocycles. The predicted octanol–water partition coefficient (Wildman–Crippen LogP) is 21.5. The molecule has 0 amide bonds. The molecule has 0 saturated heterocycles. The van der Waals surface area contributed by atoms with Crippen molar-refractivity contribution in [2.45, 2.75) is 10.8 Å². The minimum atomic E-state index is -0.650. The summed E-state index contributed by atoms with van der Waals surface area (Å²) < 4.78 is 13.7. The SMILES string of the molecule is c1ccc(C2(c3ccccc3)c3ccccc3-c3cc(N(c4ccc(-c5cccc6c5-c5ccccc5C65c6ccc7ccccc7c6Oc6c5ccc5ccccc65)cc4)c4ccc(-c5cccc6oc7ccccc7c56)cc4)ccc32)cc1. The van der Waals surface area contributed by atoms with Gasteiger partial charge in [0.2, 0.25) is 0 Å². The quantitative estimate of drug-likeness (QED) is 0.159. The minimum Gasteiger partial charge on any atom is -0.456 e. The molecule has 0 unspecified atom stereocenters. The number of nitrogens with zero attached hydrogens (tertiary/aromatic N) is 1. The lowest BCUT2D eigenvalue weighted by Crippen LogP contribution is -2.32. The van der Waals surface area contributed by atoms with Crippen molar-refractivity contribution < 1.29 is 9.15 Å². The summed E-state index contributed by atoms with van der Waals surface area (Å²) >= 11 is 0. The van der Waals surface area contributed by atoms with Gasteiger partial charge >= 0.3 is 0 Å². The standard InChI is InChI=1S/C82H51NO2/c1-3-21-56(22-4-1)81(57-23-5-2-6-24-57)69-32-14-11-27-65(69)68-51-60(47-50-71(68)81)83(59-45-39-55(40-46-59)62-31-18-36-76-78(62)67-29-13-16-35-75(67)84-76)58-43-37-54(38-44-58)61-30-17-34-72-77(61)66-28-12-15-33-70(66)82(72)73-48-41-52-19-7-9-25-63(52)79(73)85-80-64-26-10-8-20-53(64)42-49-74(80)82/h1-51H. The average molecular weight is 1080 g/mol. The number of furan rings is 1. The summed E-state index contributed by atoms with van der Waals surface area (Å²) in [5.41, 5.74) is 23.2. The van der Waals surface area contributed by atoms with E-state index in [0.717, 1.165) is 99.9 Å². The second-order valence-electron chi connectivity index (χ2n) is 22.9. The molecule has 396 valence electrons. The molecule has 2 aliphatic carbocycles. The van der Waals surface area contributed by atoms with Gasteiger partial charge in [-0.3, -0.25) is 0 Å². The van der Waals surface area contributed by atoms with E-state index in [-0.39, 0.29) is 0 Å². The van der Waals surface area contributed by atoms with Gasteiger partial charge in [0.25, 0.3) is 0 Å². The van der Waals surface area contributed by atoms with Crippen LogP contribution in [0.5, 0.6) is 11.5 Å². The molecule has 2 heterocycles. The molecule has 18 rings (SSSR count). The van der Waals surface area contributed by atoms with Crippen LogP contribution in [-0.4, -0.2) is 0 Å². The minimum absolute atomic E-state index is 0.511. The zero-order valence-corrected chi connectivity index (χ0v) is 46.2. The van der Waals surface area contributed by atoms with E-state index < -0.39 is 10.8 Å². The zero-order chi connectivity index (χ0) is 55.8. The normalized spacial score (nSPS) is 13.7. The highest BCUT2D eigenvalue weighted by atomic mass is 16.5. The molecule has 0 saturated carbocycles. The number of fused-ring (bicyclic) bond motifs is 19. The molecule has 14 aromatic carbocycles. The maximum Gasteiger partial charge on any atom is 0.140 e. The predicted molar refractivity (Wildman–Crippen MR) is 349 cm³/mol. The van der Waals surface area contributed by atoms with Gasteiger partial charge in [-0.1, -0.05) is 261 Å². The maximum atomic E-state index is 7.29. The molecule has 1 spiro atoms. The van der Waals surface area contributed by atoms with Crippen LogP contribution < -0.4 is 9.64 Å². The Morgan fingerprint density at radius 3 is 1.39 bits per heavy atom. The van der Waals surface area contributed by atoms with E-state index >= 15 is 0 Å². The smallest absolute Gasteiger partial charge is 0.140 e. The fourth-order valence-electron chi connectivity index (χ4n) is 15.3. The maximum absolute atomic E-state index is 7.29. The van der Waals surface area contributed by atoms with Gasteiger partial charge in [-0.15, -0.1) is 0 Å². The van der Waals surface area contributed by atoms with Crippen LogP contribution in [0.4, 0.5) is 17.1 Å². The average Bonchev–Trinajstić information content (AvgIpc) is 1.73. The van der Waals surface area contributed by atoms with Crippen LogP contribution in [0.3, 0.4) is 0 Å². The second-order valence-corrected chi connectivity index (χ2v) is 22.9. The van der Waals surface area contributed by atoms with Crippen LogP contribution in [0.25, 0.3) is 88.0 Å². The molecule has 3 aliphatic rings. The monoisotopic (exact) mass is 1080 g/mol. The van der Waals surface area contributed by atoms with E-state index in [9.17, 15) is 0 Å². The third-order valence-corrected chi connectivity index (χ3v) is 18.8. The van der Waals surface area contributed by atoms with Crippen molar-refractivity contribution in [2.75, 3.05) is 4.90 Å². The fraction of sp³-hybridized carbons (Fsp3) is 0.0244. The van der Waals surface area contributed by atoms with Crippen LogP contribution in [0.1, 0.15) is 44.5 Å². The second kappa shape index (κ2) is 18.2. The van der Waals surface area contributed by atoms with Gasteiger partial charge in [0.05, 0.1) is 10.8 Å².